The Labute approximate surface area is 157 Å². The van der Waals surface area contributed by atoms with Gasteiger partial charge in [-0.2, -0.15) is 5.26 Å². The van der Waals surface area contributed by atoms with Crippen molar-refractivity contribution in [2.75, 3.05) is 16.8 Å². The van der Waals surface area contributed by atoms with Gasteiger partial charge in [0.2, 0.25) is 5.71 Å². The quantitative estimate of drug-likeness (QED) is 0.476. The molecule has 3 heterocycles. The van der Waals surface area contributed by atoms with E-state index in [1.165, 1.54) is 0 Å². The molecule has 27 heavy (non-hydrogen) atoms. The van der Waals surface area contributed by atoms with Crippen LogP contribution >= 0.6 is 0 Å². The van der Waals surface area contributed by atoms with Gasteiger partial charge < -0.3 is 14.2 Å². The van der Waals surface area contributed by atoms with Crippen molar-refractivity contribution in [1.29, 1.82) is 5.26 Å². The molecule has 132 valence electrons. The average Bonchev–Trinajstić information content (AvgIpc) is 3.18. The first-order valence-corrected chi connectivity index (χ1v) is 8.93. The van der Waals surface area contributed by atoms with Crippen LogP contribution in [0.2, 0.25) is 0 Å². The topological polar surface area (TPSA) is 56.3 Å². The first kappa shape index (κ1) is 15.7. The lowest BCUT2D eigenvalue weighted by Crippen LogP contribution is -2.36. The van der Waals surface area contributed by atoms with Gasteiger partial charge in [0.1, 0.15) is 6.17 Å². The molecule has 5 heteroatoms. The van der Waals surface area contributed by atoms with Gasteiger partial charge in [-0.15, -0.1) is 0 Å². The minimum Gasteiger partial charge on any atom is -0.435 e. The smallest absolute Gasteiger partial charge is 0.227 e. The van der Waals surface area contributed by atoms with E-state index in [9.17, 15) is 5.26 Å². The molecular weight excluding hydrogens is 336 g/mol. The van der Waals surface area contributed by atoms with Gasteiger partial charge in [0, 0.05) is 24.0 Å². The highest BCUT2D eigenvalue weighted by molar-refractivity contribution is 6.10. The van der Waals surface area contributed by atoms with E-state index in [0.717, 1.165) is 39.0 Å². The second-order valence-corrected chi connectivity index (χ2v) is 6.99. The van der Waals surface area contributed by atoms with E-state index in [1.807, 2.05) is 30.3 Å². The molecule has 0 saturated carbocycles. The Morgan fingerprint density at radius 3 is 2.78 bits per heavy atom. The molecule has 4 aromatic rings. The van der Waals surface area contributed by atoms with Crippen LogP contribution in [0.5, 0.6) is 0 Å². The number of anilines is 3. The summed E-state index contributed by atoms with van der Waals surface area (Å²) in [4.78, 5) is 8.86. The first-order chi connectivity index (χ1) is 13.1. The van der Waals surface area contributed by atoms with Gasteiger partial charge in [-0.3, -0.25) is 0 Å². The van der Waals surface area contributed by atoms with Gasteiger partial charge in [0.15, 0.2) is 5.58 Å². The van der Waals surface area contributed by atoms with Crippen LogP contribution in [0.15, 0.2) is 53.1 Å². The third-order valence-corrected chi connectivity index (χ3v) is 5.51. The summed E-state index contributed by atoms with van der Waals surface area (Å²) >= 11 is 0. The molecule has 0 unspecified atom stereocenters. The second kappa shape index (κ2) is 5.49. The first-order valence-electron chi connectivity index (χ1n) is 8.93. The van der Waals surface area contributed by atoms with Crippen LogP contribution in [0.4, 0.5) is 17.1 Å². The molecule has 1 aliphatic heterocycles. The highest BCUT2D eigenvalue weighted by atomic mass is 16.3. The molecule has 0 fully saturated rings. The molecule has 0 spiro atoms. The average molecular weight is 354 g/mol. The van der Waals surface area contributed by atoms with Gasteiger partial charge in [-0.25, -0.2) is 4.98 Å². The SMILES string of the molecule is Cc1ccc2c(oc3ncccc32)c1N1c2cc(C#N)ccc2N(C)[C@@H]1C. The number of aryl methyl sites for hydroxylation is 1. The maximum Gasteiger partial charge on any atom is 0.227 e. The summed E-state index contributed by atoms with van der Waals surface area (Å²) in [6.45, 7) is 4.25. The summed E-state index contributed by atoms with van der Waals surface area (Å²) in [5, 5.41) is 11.4. The predicted molar refractivity (Wildman–Crippen MR) is 107 cm³/mol. The monoisotopic (exact) mass is 354 g/mol. The molecule has 1 atom stereocenters. The van der Waals surface area contributed by atoms with Crippen molar-refractivity contribution in [2.24, 2.45) is 0 Å². The van der Waals surface area contributed by atoms with E-state index >= 15 is 0 Å². The Hall–Kier alpha value is -3.52. The molecular formula is C22H18N4O. The summed E-state index contributed by atoms with van der Waals surface area (Å²) in [5.41, 5.74) is 6.40. The number of nitriles is 1. The summed E-state index contributed by atoms with van der Waals surface area (Å²) in [5.74, 6) is 0. The third-order valence-electron chi connectivity index (χ3n) is 5.51. The zero-order valence-electron chi connectivity index (χ0n) is 15.4. The predicted octanol–water partition coefficient (Wildman–Crippen LogP) is 5.10. The molecule has 0 amide bonds. The molecule has 0 radical (unpaired) electrons. The fourth-order valence-electron chi connectivity index (χ4n) is 4.03. The maximum absolute atomic E-state index is 9.37. The van der Waals surface area contributed by atoms with E-state index in [4.69, 9.17) is 4.42 Å². The minimum atomic E-state index is 0.0967. The number of hydrogen-bond acceptors (Lipinski definition) is 5. The van der Waals surface area contributed by atoms with Crippen molar-refractivity contribution < 1.29 is 4.42 Å². The standard InChI is InChI=1S/C22H18N4O/c1-13-6-8-16-17-5-4-10-24-22(17)27-21(16)20(13)26-14(2)25(3)18-9-7-15(12-23)11-19(18)26/h4-11,14H,1-3H3/t14-/m0/s1. The van der Waals surface area contributed by atoms with Gasteiger partial charge in [0.25, 0.3) is 0 Å². The van der Waals surface area contributed by atoms with Crippen LogP contribution < -0.4 is 9.80 Å². The fourth-order valence-corrected chi connectivity index (χ4v) is 4.03. The highest BCUT2D eigenvalue weighted by Crippen LogP contribution is 2.48. The molecule has 0 N–H and O–H groups in total. The van der Waals surface area contributed by atoms with Gasteiger partial charge in [-0.05, 0) is 49.7 Å². The fraction of sp³-hybridized carbons (Fsp3) is 0.182. The lowest BCUT2D eigenvalue weighted by Gasteiger charge is -2.29. The number of pyridine rings is 1. The Morgan fingerprint density at radius 1 is 1.11 bits per heavy atom. The zero-order valence-corrected chi connectivity index (χ0v) is 15.4. The maximum atomic E-state index is 9.37. The molecule has 0 saturated heterocycles. The van der Waals surface area contributed by atoms with Crippen molar-refractivity contribution in [3.05, 3.63) is 59.8 Å². The number of rotatable bonds is 1. The van der Waals surface area contributed by atoms with Gasteiger partial charge >= 0.3 is 0 Å². The van der Waals surface area contributed by atoms with Crippen LogP contribution in [0.1, 0.15) is 18.1 Å². The highest BCUT2D eigenvalue weighted by Gasteiger charge is 2.34. The normalized spacial score (nSPS) is 16.1. The Morgan fingerprint density at radius 2 is 1.96 bits per heavy atom. The van der Waals surface area contributed by atoms with Crippen molar-refractivity contribution in [3.8, 4) is 6.07 Å². The van der Waals surface area contributed by atoms with Crippen LogP contribution in [-0.2, 0) is 0 Å². The summed E-state index contributed by atoms with van der Waals surface area (Å²) in [6, 6.07) is 16.3. The number of furan rings is 1. The lowest BCUT2D eigenvalue weighted by atomic mass is 10.1. The van der Waals surface area contributed by atoms with E-state index in [0.29, 0.717) is 11.3 Å². The summed E-state index contributed by atoms with van der Waals surface area (Å²) in [7, 11) is 2.07. The number of benzene rings is 2. The van der Waals surface area contributed by atoms with Gasteiger partial charge in [0.05, 0.1) is 28.7 Å². The van der Waals surface area contributed by atoms with Crippen LogP contribution in [0, 0.1) is 18.3 Å². The number of fused-ring (bicyclic) bond motifs is 4. The number of aromatic nitrogens is 1. The molecule has 0 bridgehead atoms. The molecule has 1 aliphatic rings. The second-order valence-electron chi connectivity index (χ2n) is 6.99. The Kier molecular flexibility index (Phi) is 3.19. The Bertz CT molecular complexity index is 1250. The van der Waals surface area contributed by atoms with Crippen molar-refractivity contribution in [3.63, 3.8) is 0 Å². The van der Waals surface area contributed by atoms with Gasteiger partial charge in [-0.1, -0.05) is 12.1 Å². The minimum absolute atomic E-state index is 0.0967. The lowest BCUT2D eigenvalue weighted by molar-refractivity contribution is 0.648. The van der Waals surface area contributed by atoms with E-state index in [1.54, 1.807) is 6.20 Å². The Balaban J connectivity index is 1.84. The van der Waals surface area contributed by atoms with Crippen LogP contribution in [0.3, 0.4) is 0 Å². The van der Waals surface area contributed by atoms with Crippen molar-refractivity contribution in [2.45, 2.75) is 20.0 Å². The van der Waals surface area contributed by atoms with Crippen molar-refractivity contribution in [1.82, 2.24) is 4.98 Å². The summed E-state index contributed by atoms with van der Waals surface area (Å²) < 4.78 is 6.20. The van der Waals surface area contributed by atoms with Crippen molar-refractivity contribution >= 4 is 39.1 Å². The van der Waals surface area contributed by atoms with E-state index in [2.05, 4.69) is 53.9 Å². The van der Waals surface area contributed by atoms with Crippen LogP contribution in [-0.4, -0.2) is 18.2 Å². The third kappa shape index (κ3) is 2.07. The summed E-state index contributed by atoms with van der Waals surface area (Å²) in [6.07, 6.45) is 1.84. The molecule has 0 aliphatic carbocycles. The molecule has 5 nitrogen and oxygen atoms in total. The number of hydrogen-bond donors (Lipinski definition) is 0. The largest absolute Gasteiger partial charge is 0.435 e. The number of nitrogens with zero attached hydrogens (tertiary/aromatic N) is 4. The molecule has 2 aromatic heterocycles. The van der Waals surface area contributed by atoms with E-state index in [-0.39, 0.29) is 6.17 Å². The van der Waals surface area contributed by atoms with E-state index < -0.39 is 0 Å². The zero-order chi connectivity index (χ0) is 18.7. The molecule has 5 rings (SSSR count). The molecule has 2 aromatic carbocycles. The van der Waals surface area contributed by atoms with Crippen LogP contribution in [0.25, 0.3) is 22.1 Å².